The zero-order valence-electron chi connectivity index (χ0n) is 19.6. The van der Waals surface area contributed by atoms with Crippen LogP contribution in [0, 0.1) is 6.92 Å². The summed E-state index contributed by atoms with van der Waals surface area (Å²) in [4.78, 5) is 35.5. The Morgan fingerprint density at radius 2 is 1.75 bits per heavy atom. The fourth-order valence-electron chi connectivity index (χ4n) is 3.87. The molecule has 36 heavy (non-hydrogen) atoms. The van der Waals surface area contributed by atoms with Crippen molar-refractivity contribution in [1.82, 2.24) is 30.2 Å². The second kappa shape index (κ2) is 10.3. The number of carboxylic acid groups (broad SMARTS) is 1. The summed E-state index contributed by atoms with van der Waals surface area (Å²) in [6, 6.07) is 16.4. The lowest BCUT2D eigenvalue weighted by atomic mass is 10.2. The maximum atomic E-state index is 11.3. The Balaban J connectivity index is 1.25. The van der Waals surface area contributed by atoms with Gasteiger partial charge in [-0.1, -0.05) is 6.07 Å². The van der Waals surface area contributed by atoms with Crippen molar-refractivity contribution >= 4 is 34.9 Å². The minimum absolute atomic E-state index is 0.420. The van der Waals surface area contributed by atoms with E-state index in [1.165, 1.54) is 0 Å². The monoisotopic (exact) mass is 483 g/mol. The molecule has 0 radical (unpaired) electrons. The third-order valence-corrected chi connectivity index (χ3v) is 5.65. The molecule has 0 spiro atoms. The summed E-state index contributed by atoms with van der Waals surface area (Å²) in [7, 11) is 0. The third kappa shape index (κ3) is 5.53. The average Bonchev–Trinajstić information content (AvgIpc) is 2.90. The topological polar surface area (TPSA) is 141 Å². The SMILES string of the molecule is Cc1cccc(-c2nccc(Nc3ccnc(Nc4ccc(N5CCN[C@H](C(=O)O)C5)cc4)n3)n2)n1. The highest BCUT2D eigenvalue weighted by Gasteiger charge is 2.24. The summed E-state index contributed by atoms with van der Waals surface area (Å²) < 4.78 is 0. The van der Waals surface area contributed by atoms with E-state index >= 15 is 0 Å². The van der Waals surface area contributed by atoms with E-state index in [9.17, 15) is 9.90 Å². The lowest BCUT2D eigenvalue weighted by molar-refractivity contribution is -0.139. The first-order chi connectivity index (χ1) is 17.5. The van der Waals surface area contributed by atoms with Crippen LogP contribution >= 0.6 is 0 Å². The van der Waals surface area contributed by atoms with Gasteiger partial charge >= 0.3 is 5.97 Å². The predicted molar refractivity (Wildman–Crippen MR) is 137 cm³/mol. The molecular weight excluding hydrogens is 458 g/mol. The highest BCUT2D eigenvalue weighted by atomic mass is 16.4. The first-order valence-electron chi connectivity index (χ1n) is 11.5. The van der Waals surface area contributed by atoms with E-state index in [0.717, 1.165) is 23.6 Å². The third-order valence-electron chi connectivity index (χ3n) is 5.65. The quantitative estimate of drug-likeness (QED) is 0.308. The Kier molecular flexibility index (Phi) is 6.63. The molecule has 4 aromatic rings. The van der Waals surface area contributed by atoms with Crippen LogP contribution in [0.5, 0.6) is 0 Å². The number of pyridine rings is 1. The zero-order chi connectivity index (χ0) is 24.9. The molecule has 1 saturated heterocycles. The van der Waals surface area contributed by atoms with Crippen molar-refractivity contribution in [2.45, 2.75) is 13.0 Å². The number of nitrogens with zero attached hydrogens (tertiary/aromatic N) is 6. The number of rotatable bonds is 7. The summed E-state index contributed by atoms with van der Waals surface area (Å²) in [6.45, 7) is 3.72. The van der Waals surface area contributed by atoms with E-state index in [-0.39, 0.29) is 0 Å². The van der Waals surface area contributed by atoms with Gasteiger partial charge in [0.15, 0.2) is 5.82 Å². The molecule has 0 unspecified atom stereocenters. The van der Waals surface area contributed by atoms with E-state index in [2.05, 4.69) is 45.8 Å². The summed E-state index contributed by atoms with van der Waals surface area (Å²) in [5, 5.41) is 18.7. The molecule has 4 N–H and O–H groups in total. The van der Waals surface area contributed by atoms with Crippen LogP contribution in [0.1, 0.15) is 5.69 Å². The van der Waals surface area contributed by atoms with Crippen LogP contribution in [0.4, 0.5) is 29.0 Å². The van der Waals surface area contributed by atoms with Crippen molar-refractivity contribution in [3.63, 3.8) is 0 Å². The normalized spacial score (nSPS) is 15.4. The number of hydrogen-bond donors (Lipinski definition) is 4. The molecule has 1 aromatic carbocycles. The number of nitrogens with one attached hydrogen (secondary N) is 3. The molecule has 0 bridgehead atoms. The van der Waals surface area contributed by atoms with Crippen molar-refractivity contribution in [3.8, 4) is 11.5 Å². The van der Waals surface area contributed by atoms with Crippen LogP contribution in [0.3, 0.4) is 0 Å². The molecule has 4 heterocycles. The Morgan fingerprint density at radius 1 is 0.972 bits per heavy atom. The van der Waals surface area contributed by atoms with Gasteiger partial charge in [0.25, 0.3) is 0 Å². The number of anilines is 5. The predicted octanol–water partition coefficient (Wildman–Crippen LogP) is 2.99. The Bertz CT molecular complexity index is 1360. The van der Waals surface area contributed by atoms with Crippen molar-refractivity contribution in [2.75, 3.05) is 35.2 Å². The van der Waals surface area contributed by atoms with E-state index in [4.69, 9.17) is 0 Å². The molecule has 0 amide bonds. The summed E-state index contributed by atoms with van der Waals surface area (Å²) in [5.74, 6) is 1.28. The van der Waals surface area contributed by atoms with Crippen molar-refractivity contribution < 1.29 is 9.90 Å². The maximum Gasteiger partial charge on any atom is 0.322 e. The standard InChI is InChI=1S/C25H25N9O2/c1-16-3-2-4-19(29-16)23-27-11-9-21(32-23)31-22-10-12-28-25(33-22)30-17-5-7-18(8-6-17)34-14-13-26-20(15-34)24(35)36/h2-12,20,26H,13-15H2,1H3,(H,35,36)(H2,27,28,30,31,32,33)/t20-/m0/s1. The van der Waals surface area contributed by atoms with Crippen molar-refractivity contribution in [3.05, 3.63) is 72.7 Å². The summed E-state index contributed by atoms with van der Waals surface area (Å²) in [6.07, 6.45) is 3.33. The molecule has 0 aliphatic carbocycles. The first kappa shape index (κ1) is 23.1. The van der Waals surface area contributed by atoms with Crippen LogP contribution in [-0.4, -0.2) is 61.7 Å². The largest absolute Gasteiger partial charge is 0.480 e. The van der Waals surface area contributed by atoms with E-state index in [1.807, 2.05) is 49.4 Å². The van der Waals surface area contributed by atoms with Crippen LogP contribution in [0.15, 0.2) is 67.0 Å². The molecule has 1 fully saturated rings. The molecule has 1 atom stereocenters. The van der Waals surface area contributed by atoms with E-state index in [0.29, 0.717) is 42.2 Å². The summed E-state index contributed by atoms with van der Waals surface area (Å²) in [5.41, 5.74) is 3.38. The Hall–Kier alpha value is -4.64. The lowest BCUT2D eigenvalue weighted by Gasteiger charge is -2.33. The summed E-state index contributed by atoms with van der Waals surface area (Å²) >= 11 is 0. The average molecular weight is 484 g/mol. The first-order valence-corrected chi connectivity index (χ1v) is 11.5. The van der Waals surface area contributed by atoms with Gasteiger partial charge in [0.1, 0.15) is 23.4 Å². The highest BCUT2D eigenvalue weighted by molar-refractivity contribution is 5.75. The van der Waals surface area contributed by atoms with Gasteiger partial charge in [-0.15, -0.1) is 0 Å². The highest BCUT2D eigenvalue weighted by Crippen LogP contribution is 2.22. The van der Waals surface area contributed by atoms with Gasteiger partial charge in [-0.05, 0) is 55.5 Å². The van der Waals surface area contributed by atoms with Gasteiger partial charge in [0.05, 0.1) is 0 Å². The Labute approximate surface area is 207 Å². The molecule has 11 nitrogen and oxygen atoms in total. The molecule has 0 saturated carbocycles. The van der Waals surface area contributed by atoms with Crippen molar-refractivity contribution in [2.24, 2.45) is 0 Å². The molecular formula is C25H25N9O2. The van der Waals surface area contributed by atoms with Crippen LogP contribution in [0.2, 0.25) is 0 Å². The van der Waals surface area contributed by atoms with Crippen LogP contribution in [-0.2, 0) is 4.79 Å². The molecule has 11 heteroatoms. The van der Waals surface area contributed by atoms with Gasteiger partial charge in [-0.3, -0.25) is 4.79 Å². The minimum atomic E-state index is -0.839. The van der Waals surface area contributed by atoms with Gasteiger partial charge in [-0.2, -0.15) is 4.98 Å². The zero-order valence-corrected chi connectivity index (χ0v) is 19.6. The number of aliphatic carboxylic acids is 1. The molecule has 1 aliphatic heterocycles. The smallest absolute Gasteiger partial charge is 0.322 e. The van der Waals surface area contributed by atoms with Crippen LogP contribution < -0.4 is 20.9 Å². The van der Waals surface area contributed by atoms with E-state index in [1.54, 1.807) is 24.5 Å². The minimum Gasteiger partial charge on any atom is -0.480 e. The van der Waals surface area contributed by atoms with Crippen LogP contribution in [0.25, 0.3) is 11.5 Å². The number of hydrogen-bond acceptors (Lipinski definition) is 10. The second-order valence-corrected chi connectivity index (χ2v) is 8.28. The molecule has 1 aliphatic rings. The van der Waals surface area contributed by atoms with Gasteiger partial charge in [-0.25, -0.2) is 19.9 Å². The number of benzene rings is 1. The maximum absolute atomic E-state index is 11.3. The number of carboxylic acids is 1. The number of aromatic nitrogens is 5. The molecule has 182 valence electrons. The van der Waals surface area contributed by atoms with Gasteiger partial charge in [0.2, 0.25) is 5.95 Å². The number of aryl methyl sites for hydroxylation is 1. The van der Waals surface area contributed by atoms with E-state index < -0.39 is 12.0 Å². The fourth-order valence-corrected chi connectivity index (χ4v) is 3.87. The molecule has 5 rings (SSSR count). The Morgan fingerprint density at radius 3 is 2.53 bits per heavy atom. The second-order valence-electron chi connectivity index (χ2n) is 8.28. The lowest BCUT2D eigenvalue weighted by Crippen LogP contribution is -2.54. The number of piperazine rings is 1. The van der Waals surface area contributed by atoms with Gasteiger partial charge < -0.3 is 26.0 Å². The fraction of sp³-hybridized carbons (Fsp3) is 0.200. The van der Waals surface area contributed by atoms with Gasteiger partial charge in [0, 0.05) is 49.1 Å². The number of carbonyl (C=O) groups is 1. The molecule has 3 aromatic heterocycles. The van der Waals surface area contributed by atoms with Crippen molar-refractivity contribution in [1.29, 1.82) is 0 Å².